The first-order valence-electron chi connectivity index (χ1n) is 7.19. The number of benzene rings is 2. The quantitative estimate of drug-likeness (QED) is 0.869. The molecule has 0 unspecified atom stereocenters. The van der Waals surface area contributed by atoms with Gasteiger partial charge in [-0.2, -0.15) is 13.2 Å². The number of alkyl halides is 3. The van der Waals surface area contributed by atoms with Gasteiger partial charge in [0.2, 0.25) is 5.91 Å². The van der Waals surface area contributed by atoms with Crippen molar-refractivity contribution in [1.29, 1.82) is 0 Å². The summed E-state index contributed by atoms with van der Waals surface area (Å²) in [5, 5.41) is 4.82. The normalized spacial score (nSPS) is 10.9. The monoisotopic (exact) mass is 352 g/mol. The molecule has 0 atom stereocenters. The van der Waals surface area contributed by atoms with Crippen LogP contribution in [0.3, 0.4) is 0 Å². The van der Waals surface area contributed by atoms with Gasteiger partial charge in [0.05, 0.1) is 19.2 Å². The molecule has 2 amide bonds. The fourth-order valence-electron chi connectivity index (χ4n) is 1.98. The molecule has 8 heteroatoms. The maximum absolute atomic E-state index is 12.6. The van der Waals surface area contributed by atoms with Gasteiger partial charge in [0, 0.05) is 11.3 Å². The van der Waals surface area contributed by atoms with Crippen molar-refractivity contribution < 1.29 is 27.5 Å². The maximum Gasteiger partial charge on any atom is 0.416 e. The predicted octanol–water partition coefficient (Wildman–Crippen LogP) is 3.08. The largest absolute Gasteiger partial charge is 0.497 e. The molecule has 2 aromatic rings. The van der Waals surface area contributed by atoms with Gasteiger partial charge >= 0.3 is 6.18 Å². The molecular weight excluding hydrogens is 337 g/mol. The Hall–Kier alpha value is -3.03. The van der Waals surface area contributed by atoms with E-state index in [-0.39, 0.29) is 12.1 Å². The lowest BCUT2D eigenvalue weighted by Gasteiger charge is -2.10. The number of hydrogen-bond donors (Lipinski definition) is 2. The highest BCUT2D eigenvalue weighted by atomic mass is 19.4. The standard InChI is InChI=1S/C17H15F3N2O3/c1-25-14-7-5-13(6-8-14)22-15(23)10-21-16(24)11-3-2-4-12(9-11)17(18,19)20/h2-9H,10H2,1H3,(H,21,24)(H,22,23). The summed E-state index contributed by atoms with van der Waals surface area (Å²) in [4.78, 5) is 23.7. The number of carbonyl (C=O) groups excluding carboxylic acids is 2. The van der Waals surface area contributed by atoms with Crippen LogP contribution in [0.15, 0.2) is 48.5 Å². The van der Waals surface area contributed by atoms with E-state index in [1.54, 1.807) is 24.3 Å². The first kappa shape index (κ1) is 18.3. The van der Waals surface area contributed by atoms with E-state index in [0.717, 1.165) is 18.2 Å². The van der Waals surface area contributed by atoms with E-state index >= 15 is 0 Å². The van der Waals surface area contributed by atoms with E-state index in [1.807, 2.05) is 0 Å². The second kappa shape index (κ2) is 7.69. The van der Waals surface area contributed by atoms with Gasteiger partial charge in [-0.25, -0.2) is 0 Å². The summed E-state index contributed by atoms with van der Waals surface area (Å²) in [6.45, 7) is -0.374. The Labute approximate surface area is 141 Å². The number of carbonyl (C=O) groups is 2. The zero-order chi connectivity index (χ0) is 18.4. The van der Waals surface area contributed by atoms with Crippen LogP contribution >= 0.6 is 0 Å². The third-order valence-electron chi connectivity index (χ3n) is 3.24. The molecule has 2 N–H and O–H groups in total. The van der Waals surface area contributed by atoms with Gasteiger partial charge in [-0.3, -0.25) is 9.59 Å². The first-order chi connectivity index (χ1) is 11.8. The van der Waals surface area contributed by atoms with Gasteiger partial charge in [0.15, 0.2) is 0 Å². The molecule has 0 aliphatic rings. The van der Waals surface area contributed by atoms with E-state index in [2.05, 4.69) is 10.6 Å². The molecule has 0 aromatic heterocycles. The summed E-state index contributed by atoms with van der Waals surface area (Å²) < 4.78 is 42.9. The molecule has 0 radical (unpaired) electrons. The molecule has 0 aliphatic heterocycles. The van der Waals surface area contributed by atoms with Crippen molar-refractivity contribution >= 4 is 17.5 Å². The summed E-state index contributed by atoms with van der Waals surface area (Å²) in [6, 6.07) is 10.5. The van der Waals surface area contributed by atoms with E-state index in [0.29, 0.717) is 11.4 Å². The first-order valence-corrected chi connectivity index (χ1v) is 7.19. The van der Waals surface area contributed by atoms with Crippen molar-refractivity contribution in [3.8, 4) is 5.75 Å². The Bertz CT molecular complexity index is 758. The van der Waals surface area contributed by atoms with Crippen LogP contribution in [0.1, 0.15) is 15.9 Å². The lowest BCUT2D eigenvalue weighted by Crippen LogP contribution is -2.33. The Balaban J connectivity index is 1.91. The number of ether oxygens (including phenoxy) is 1. The Kier molecular flexibility index (Phi) is 5.63. The minimum absolute atomic E-state index is 0.174. The van der Waals surface area contributed by atoms with Crippen LogP contribution in [-0.4, -0.2) is 25.5 Å². The van der Waals surface area contributed by atoms with Crippen molar-refractivity contribution in [2.75, 3.05) is 19.0 Å². The zero-order valence-electron chi connectivity index (χ0n) is 13.2. The van der Waals surface area contributed by atoms with Gasteiger partial charge in [-0.15, -0.1) is 0 Å². The van der Waals surface area contributed by atoms with Crippen LogP contribution < -0.4 is 15.4 Å². The van der Waals surface area contributed by atoms with Crippen LogP contribution in [0, 0.1) is 0 Å². The fraction of sp³-hybridized carbons (Fsp3) is 0.176. The van der Waals surface area contributed by atoms with E-state index < -0.39 is 23.6 Å². The number of amides is 2. The van der Waals surface area contributed by atoms with Crippen LogP contribution in [0.4, 0.5) is 18.9 Å². The maximum atomic E-state index is 12.6. The number of anilines is 1. The fourth-order valence-corrected chi connectivity index (χ4v) is 1.98. The summed E-state index contributed by atoms with van der Waals surface area (Å²) in [5.74, 6) is -0.655. The zero-order valence-corrected chi connectivity index (χ0v) is 13.2. The van der Waals surface area contributed by atoms with Gasteiger partial charge in [0.25, 0.3) is 5.91 Å². The van der Waals surface area contributed by atoms with Gasteiger partial charge < -0.3 is 15.4 Å². The Morgan fingerprint density at radius 3 is 2.36 bits per heavy atom. The number of hydrogen-bond acceptors (Lipinski definition) is 3. The van der Waals surface area contributed by atoms with Gasteiger partial charge in [-0.05, 0) is 42.5 Å². The van der Waals surface area contributed by atoms with E-state index in [4.69, 9.17) is 4.74 Å². The predicted molar refractivity (Wildman–Crippen MR) is 85.4 cm³/mol. The van der Waals surface area contributed by atoms with E-state index in [9.17, 15) is 22.8 Å². The average Bonchev–Trinajstić information content (AvgIpc) is 2.59. The molecular formula is C17H15F3N2O3. The molecule has 25 heavy (non-hydrogen) atoms. The summed E-state index contributed by atoms with van der Waals surface area (Å²) >= 11 is 0. The van der Waals surface area contributed by atoms with Crippen LogP contribution in [0.5, 0.6) is 5.75 Å². The van der Waals surface area contributed by atoms with Crippen molar-refractivity contribution in [2.45, 2.75) is 6.18 Å². The van der Waals surface area contributed by atoms with Crippen LogP contribution in [0.2, 0.25) is 0 Å². The Morgan fingerprint density at radius 2 is 1.76 bits per heavy atom. The molecule has 0 saturated heterocycles. The molecule has 2 aromatic carbocycles. The number of nitrogens with one attached hydrogen (secondary N) is 2. The molecule has 5 nitrogen and oxygen atoms in total. The third-order valence-corrected chi connectivity index (χ3v) is 3.24. The average molecular weight is 352 g/mol. The topological polar surface area (TPSA) is 67.4 Å². The molecule has 0 fully saturated rings. The summed E-state index contributed by atoms with van der Waals surface area (Å²) in [5.41, 5.74) is -0.603. The third kappa shape index (κ3) is 5.23. The van der Waals surface area contributed by atoms with Crippen LogP contribution in [0.25, 0.3) is 0 Å². The highest BCUT2D eigenvalue weighted by molar-refractivity contribution is 5.99. The van der Waals surface area contributed by atoms with Gasteiger partial charge in [0.1, 0.15) is 5.75 Å². The molecule has 0 aliphatic carbocycles. The molecule has 0 heterocycles. The highest BCUT2D eigenvalue weighted by Crippen LogP contribution is 2.29. The SMILES string of the molecule is COc1ccc(NC(=O)CNC(=O)c2cccc(C(F)(F)F)c2)cc1. The lowest BCUT2D eigenvalue weighted by molar-refractivity contribution is -0.137. The minimum Gasteiger partial charge on any atom is -0.497 e. The molecule has 0 bridgehead atoms. The van der Waals surface area contributed by atoms with Crippen molar-refractivity contribution in [2.24, 2.45) is 0 Å². The smallest absolute Gasteiger partial charge is 0.416 e. The van der Waals surface area contributed by atoms with Crippen molar-refractivity contribution in [3.63, 3.8) is 0 Å². The highest BCUT2D eigenvalue weighted by Gasteiger charge is 2.30. The second-order valence-electron chi connectivity index (χ2n) is 5.04. The Morgan fingerprint density at radius 1 is 1.08 bits per heavy atom. The van der Waals surface area contributed by atoms with E-state index in [1.165, 1.54) is 13.2 Å². The number of rotatable bonds is 5. The van der Waals surface area contributed by atoms with Crippen molar-refractivity contribution in [3.05, 3.63) is 59.7 Å². The second-order valence-corrected chi connectivity index (χ2v) is 5.04. The van der Waals surface area contributed by atoms with Gasteiger partial charge in [-0.1, -0.05) is 6.07 Å². The number of halogens is 3. The number of methoxy groups -OCH3 is 1. The molecule has 132 valence electrons. The molecule has 2 rings (SSSR count). The summed E-state index contributed by atoms with van der Waals surface area (Å²) in [7, 11) is 1.51. The molecule has 0 spiro atoms. The lowest BCUT2D eigenvalue weighted by atomic mass is 10.1. The minimum atomic E-state index is -4.54. The van der Waals surface area contributed by atoms with Crippen molar-refractivity contribution in [1.82, 2.24) is 5.32 Å². The molecule has 0 saturated carbocycles. The van der Waals surface area contributed by atoms with Crippen LogP contribution in [-0.2, 0) is 11.0 Å². The summed E-state index contributed by atoms with van der Waals surface area (Å²) in [6.07, 6.45) is -4.54.